The van der Waals surface area contributed by atoms with Crippen molar-refractivity contribution >= 4 is 10.9 Å². The Kier molecular flexibility index (Phi) is 3.84. The number of benzene rings is 1. The second kappa shape index (κ2) is 5.94. The van der Waals surface area contributed by atoms with Crippen molar-refractivity contribution in [3.8, 4) is 0 Å². The molecule has 2 aromatic rings. The van der Waals surface area contributed by atoms with Gasteiger partial charge in [0.1, 0.15) is 0 Å². The van der Waals surface area contributed by atoms with Crippen LogP contribution < -0.4 is 0 Å². The molecular weight excluding hydrogens is 366 g/mol. The molecule has 3 saturated carbocycles. The molecule has 2 unspecified atom stereocenters. The minimum Gasteiger partial charge on any atom is -0.393 e. The van der Waals surface area contributed by atoms with Crippen molar-refractivity contribution < 1.29 is 5.11 Å². The Labute approximate surface area is 181 Å². The number of rotatable bonds is 0. The summed E-state index contributed by atoms with van der Waals surface area (Å²) >= 11 is 0. The molecule has 1 spiro atoms. The highest BCUT2D eigenvalue weighted by Gasteiger charge is 2.68. The minimum atomic E-state index is -0.137. The molecule has 162 valence electrons. The summed E-state index contributed by atoms with van der Waals surface area (Å²) in [6, 6.07) is 6.87. The Morgan fingerprint density at radius 2 is 1.80 bits per heavy atom. The zero-order valence-electron chi connectivity index (χ0n) is 19.5. The third-order valence-electron chi connectivity index (χ3n) is 11.4. The zero-order valence-corrected chi connectivity index (χ0v) is 19.5. The predicted molar refractivity (Wildman–Crippen MR) is 124 cm³/mol. The quantitative estimate of drug-likeness (QED) is 0.498. The van der Waals surface area contributed by atoms with Crippen LogP contribution in [0.4, 0.5) is 0 Å². The second-order valence-corrected chi connectivity index (χ2v) is 12.4. The standard InChI is InChI=1S/C28H39NO/c1-16-11-13-27(5)17(2)9-10-22(30)28(27)14-12-20-24(25(16)28)18-15-29-21-8-6-7-19(23(18)21)26(20,3)4/h6-8,15-17,20,22,24-25,29-30H,9-14H2,1-5H3/t16-,17-,20-,22?,24+,25+,27+,28?/m0/s1. The van der Waals surface area contributed by atoms with Crippen LogP contribution in [0.5, 0.6) is 0 Å². The smallest absolute Gasteiger partial charge is 0.0604 e. The number of aromatic amines is 1. The molecule has 4 aliphatic carbocycles. The van der Waals surface area contributed by atoms with Crippen molar-refractivity contribution in [3.63, 3.8) is 0 Å². The lowest BCUT2D eigenvalue weighted by Crippen LogP contribution is -2.66. The maximum atomic E-state index is 11.7. The van der Waals surface area contributed by atoms with E-state index in [0.29, 0.717) is 29.6 Å². The highest BCUT2D eigenvalue weighted by atomic mass is 16.3. The molecule has 0 radical (unpaired) electrons. The van der Waals surface area contributed by atoms with E-state index in [4.69, 9.17) is 0 Å². The summed E-state index contributed by atoms with van der Waals surface area (Å²) < 4.78 is 0. The number of hydrogen-bond acceptors (Lipinski definition) is 1. The molecule has 2 heteroatoms. The summed E-state index contributed by atoms with van der Waals surface area (Å²) in [5.74, 6) is 3.20. The average Bonchev–Trinajstić information content (AvgIpc) is 3.16. The fraction of sp³-hybridized carbons (Fsp3) is 0.714. The fourth-order valence-corrected chi connectivity index (χ4v) is 9.67. The molecular formula is C28H39NO. The molecule has 0 aliphatic heterocycles. The van der Waals surface area contributed by atoms with Crippen molar-refractivity contribution in [1.82, 2.24) is 4.98 Å². The number of hydrogen-bond donors (Lipinski definition) is 2. The third-order valence-corrected chi connectivity index (χ3v) is 11.4. The molecule has 8 atom stereocenters. The van der Waals surface area contributed by atoms with Gasteiger partial charge in [0.15, 0.2) is 0 Å². The second-order valence-electron chi connectivity index (χ2n) is 12.4. The number of aromatic nitrogens is 1. The Balaban J connectivity index is 1.62. The van der Waals surface area contributed by atoms with E-state index < -0.39 is 0 Å². The molecule has 2 N–H and O–H groups in total. The molecule has 1 aromatic heterocycles. The Bertz CT molecular complexity index is 1000. The summed E-state index contributed by atoms with van der Waals surface area (Å²) in [4.78, 5) is 3.64. The molecule has 1 heterocycles. The Hall–Kier alpha value is -1.28. The first-order chi connectivity index (χ1) is 14.2. The lowest BCUT2D eigenvalue weighted by atomic mass is 9.34. The highest BCUT2D eigenvalue weighted by Crippen LogP contribution is 2.74. The van der Waals surface area contributed by atoms with Crippen LogP contribution in [-0.2, 0) is 5.41 Å². The molecule has 0 bridgehead atoms. The first kappa shape index (κ1) is 19.4. The van der Waals surface area contributed by atoms with E-state index in [9.17, 15) is 5.11 Å². The van der Waals surface area contributed by atoms with Gasteiger partial charge in [0.25, 0.3) is 0 Å². The maximum absolute atomic E-state index is 11.7. The van der Waals surface area contributed by atoms with Crippen molar-refractivity contribution in [2.24, 2.45) is 34.5 Å². The van der Waals surface area contributed by atoms with Gasteiger partial charge >= 0.3 is 0 Å². The van der Waals surface area contributed by atoms with Gasteiger partial charge in [-0.05, 0) is 96.1 Å². The Morgan fingerprint density at radius 3 is 2.60 bits per heavy atom. The molecule has 1 aromatic carbocycles. The first-order valence-corrected chi connectivity index (χ1v) is 12.5. The van der Waals surface area contributed by atoms with Gasteiger partial charge in [-0.3, -0.25) is 0 Å². The minimum absolute atomic E-state index is 0.0788. The summed E-state index contributed by atoms with van der Waals surface area (Å²) in [6.07, 6.45) is 9.48. The summed E-state index contributed by atoms with van der Waals surface area (Å²) in [6.45, 7) is 12.6. The van der Waals surface area contributed by atoms with Crippen molar-refractivity contribution in [2.45, 2.75) is 90.6 Å². The Morgan fingerprint density at radius 1 is 1.00 bits per heavy atom. The molecule has 6 rings (SSSR count). The van der Waals surface area contributed by atoms with Gasteiger partial charge < -0.3 is 10.1 Å². The third kappa shape index (κ3) is 2.01. The van der Waals surface area contributed by atoms with Gasteiger partial charge in [-0.2, -0.15) is 0 Å². The number of H-pyrrole nitrogens is 1. The van der Waals surface area contributed by atoms with Crippen molar-refractivity contribution in [2.75, 3.05) is 0 Å². The molecule has 0 saturated heterocycles. The number of fused-ring (bicyclic) bond motifs is 3. The van der Waals surface area contributed by atoms with Crippen LogP contribution in [0.1, 0.15) is 90.2 Å². The van der Waals surface area contributed by atoms with Crippen LogP contribution in [0.25, 0.3) is 10.9 Å². The van der Waals surface area contributed by atoms with Gasteiger partial charge in [-0.1, -0.05) is 46.8 Å². The lowest BCUT2D eigenvalue weighted by molar-refractivity contribution is -0.233. The molecule has 30 heavy (non-hydrogen) atoms. The lowest BCUT2D eigenvalue weighted by Gasteiger charge is -2.70. The van der Waals surface area contributed by atoms with Gasteiger partial charge in [0, 0.05) is 22.5 Å². The summed E-state index contributed by atoms with van der Waals surface area (Å²) in [7, 11) is 0. The SMILES string of the molecule is C[C@H]1CC[C@]2(C)[C@@H](C)CCC(O)C23CC[C@H]2[C@@H](c4c[nH]c5cccc(c45)C2(C)C)[C@@H]13. The molecule has 3 fully saturated rings. The normalized spacial score (nSPS) is 46.7. The van der Waals surface area contributed by atoms with E-state index >= 15 is 0 Å². The van der Waals surface area contributed by atoms with Crippen LogP contribution >= 0.6 is 0 Å². The number of aliphatic hydroxyl groups is 1. The van der Waals surface area contributed by atoms with E-state index in [1.807, 2.05) is 0 Å². The topological polar surface area (TPSA) is 36.0 Å². The van der Waals surface area contributed by atoms with E-state index in [1.165, 1.54) is 48.6 Å². The van der Waals surface area contributed by atoms with Crippen LogP contribution in [-0.4, -0.2) is 16.2 Å². The monoisotopic (exact) mass is 405 g/mol. The van der Waals surface area contributed by atoms with Crippen molar-refractivity contribution in [3.05, 3.63) is 35.5 Å². The highest BCUT2D eigenvalue weighted by molar-refractivity contribution is 5.89. The average molecular weight is 406 g/mol. The molecule has 4 aliphatic rings. The van der Waals surface area contributed by atoms with E-state index in [1.54, 1.807) is 5.56 Å². The maximum Gasteiger partial charge on any atom is 0.0604 e. The van der Waals surface area contributed by atoms with Gasteiger partial charge in [0.05, 0.1) is 6.10 Å². The molecule has 2 nitrogen and oxygen atoms in total. The van der Waals surface area contributed by atoms with Crippen LogP contribution in [0.15, 0.2) is 24.4 Å². The number of aliphatic hydroxyl groups excluding tert-OH is 1. The molecule has 0 amide bonds. The van der Waals surface area contributed by atoms with Gasteiger partial charge in [-0.15, -0.1) is 0 Å². The van der Waals surface area contributed by atoms with Gasteiger partial charge in [0.2, 0.25) is 0 Å². The van der Waals surface area contributed by atoms with E-state index in [0.717, 1.165) is 6.42 Å². The first-order valence-electron chi connectivity index (χ1n) is 12.5. The summed E-state index contributed by atoms with van der Waals surface area (Å²) in [5.41, 5.74) is 4.93. The number of nitrogens with one attached hydrogen (secondary N) is 1. The largest absolute Gasteiger partial charge is 0.393 e. The van der Waals surface area contributed by atoms with Crippen LogP contribution in [0, 0.1) is 34.5 Å². The van der Waals surface area contributed by atoms with Crippen LogP contribution in [0.3, 0.4) is 0 Å². The predicted octanol–water partition coefficient (Wildman–Crippen LogP) is 6.78. The fourth-order valence-electron chi connectivity index (χ4n) is 9.67. The van der Waals surface area contributed by atoms with E-state index in [-0.39, 0.29) is 22.3 Å². The summed E-state index contributed by atoms with van der Waals surface area (Å²) in [5, 5.41) is 13.2. The van der Waals surface area contributed by atoms with E-state index in [2.05, 4.69) is 64.0 Å². The van der Waals surface area contributed by atoms with Crippen LogP contribution in [0.2, 0.25) is 0 Å². The van der Waals surface area contributed by atoms with Crippen molar-refractivity contribution in [1.29, 1.82) is 0 Å². The van der Waals surface area contributed by atoms with Gasteiger partial charge in [-0.25, -0.2) is 0 Å². The zero-order chi connectivity index (χ0) is 21.1.